The fourth-order valence-corrected chi connectivity index (χ4v) is 2.82. The summed E-state index contributed by atoms with van der Waals surface area (Å²) in [6.07, 6.45) is 0.172. The maximum Gasteiger partial charge on any atom is 0.326 e. The lowest BCUT2D eigenvalue weighted by Crippen LogP contribution is -2.56. The molecule has 20 heavy (non-hydrogen) atoms. The van der Waals surface area contributed by atoms with Crippen molar-refractivity contribution in [3.63, 3.8) is 0 Å². The molecule has 0 bridgehead atoms. The first-order valence-electron chi connectivity index (χ1n) is 6.95. The summed E-state index contributed by atoms with van der Waals surface area (Å²) in [6.45, 7) is 4.51. The van der Waals surface area contributed by atoms with E-state index in [9.17, 15) is 14.7 Å². The smallest absolute Gasteiger partial charge is 0.326 e. The Balaban J connectivity index is 2.05. The highest BCUT2D eigenvalue weighted by Crippen LogP contribution is 2.22. The van der Waals surface area contributed by atoms with Crippen LogP contribution in [-0.2, 0) is 9.53 Å². The van der Waals surface area contributed by atoms with E-state index in [1.807, 2.05) is 7.05 Å². The quantitative estimate of drug-likeness (QED) is 0.768. The first kappa shape index (κ1) is 15.1. The minimum Gasteiger partial charge on any atom is -0.480 e. The van der Waals surface area contributed by atoms with Gasteiger partial charge in [0.25, 0.3) is 0 Å². The van der Waals surface area contributed by atoms with E-state index >= 15 is 0 Å². The molecule has 0 aromatic heterocycles. The molecule has 2 aliphatic rings. The van der Waals surface area contributed by atoms with Gasteiger partial charge in [0, 0.05) is 45.8 Å². The van der Waals surface area contributed by atoms with Crippen LogP contribution >= 0.6 is 0 Å². The molecule has 2 aliphatic heterocycles. The van der Waals surface area contributed by atoms with Crippen LogP contribution < -0.4 is 0 Å². The Kier molecular flexibility index (Phi) is 4.49. The predicted molar refractivity (Wildman–Crippen MR) is 72.6 cm³/mol. The van der Waals surface area contributed by atoms with Gasteiger partial charge in [-0.15, -0.1) is 0 Å². The van der Waals surface area contributed by atoms with Gasteiger partial charge in [-0.25, -0.2) is 9.59 Å². The zero-order chi connectivity index (χ0) is 14.9. The number of carboxylic acids is 1. The van der Waals surface area contributed by atoms with Crippen molar-refractivity contribution < 1.29 is 19.4 Å². The van der Waals surface area contributed by atoms with Gasteiger partial charge in [-0.05, 0) is 14.0 Å². The third-order valence-electron chi connectivity index (χ3n) is 4.36. The van der Waals surface area contributed by atoms with E-state index in [0.717, 1.165) is 6.54 Å². The van der Waals surface area contributed by atoms with Gasteiger partial charge >= 0.3 is 12.0 Å². The molecule has 0 aromatic carbocycles. The van der Waals surface area contributed by atoms with Crippen molar-refractivity contribution in [2.45, 2.75) is 31.5 Å². The van der Waals surface area contributed by atoms with Crippen LogP contribution in [0.2, 0.25) is 0 Å². The molecule has 2 saturated heterocycles. The van der Waals surface area contributed by atoms with Gasteiger partial charge in [0.15, 0.2) is 0 Å². The highest BCUT2D eigenvalue weighted by Gasteiger charge is 2.42. The normalized spacial score (nSPS) is 31.6. The molecular weight excluding hydrogens is 262 g/mol. The Labute approximate surface area is 119 Å². The molecule has 0 radical (unpaired) electrons. The number of likely N-dealkylation sites (N-methyl/N-ethyl adjacent to an activating group) is 1. The van der Waals surface area contributed by atoms with Crippen LogP contribution in [0.15, 0.2) is 0 Å². The summed E-state index contributed by atoms with van der Waals surface area (Å²) >= 11 is 0. The number of methoxy groups -OCH3 is 1. The Bertz CT molecular complexity index is 390. The van der Waals surface area contributed by atoms with Crippen molar-refractivity contribution in [1.82, 2.24) is 14.7 Å². The lowest BCUT2D eigenvalue weighted by Gasteiger charge is -2.39. The summed E-state index contributed by atoms with van der Waals surface area (Å²) in [5.41, 5.74) is 0. The highest BCUT2D eigenvalue weighted by molar-refractivity contribution is 5.83. The number of carbonyl (C=O) groups excluding carboxylic acids is 1. The highest BCUT2D eigenvalue weighted by atomic mass is 16.5. The molecule has 0 spiro atoms. The van der Waals surface area contributed by atoms with Crippen molar-refractivity contribution >= 4 is 12.0 Å². The van der Waals surface area contributed by atoms with Crippen molar-refractivity contribution in [2.75, 3.05) is 40.3 Å². The van der Waals surface area contributed by atoms with Crippen molar-refractivity contribution in [2.24, 2.45) is 0 Å². The number of hydrogen-bond donors (Lipinski definition) is 1. The molecule has 3 unspecified atom stereocenters. The number of nitrogens with zero attached hydrogens (tertiary/aromatic N) is 3. The lowest BCUT2D eigenvalue weighted by molar-refractivity contribution is -0.141. The lowest BCUT2D eigenvalue weighted by atomic mass is 10.2. The van der Waals surface area contributed by atoms with Crippen LogP contribution in [-0.4, -0.2) is 90.3 Å². The summed E-state index contributed by atoms with van der Waals surface area (Å²) in [5, 5.41) is 9.26. The number of ether oxygens (including phenoxy) is 1. The zero-order valence-electron chi connectivity index (χ0n) is 12.3. The Morgan fingerprint density at radius 2 is 1.95 bits per heavy atom. The Hall–Kier alpha value is -1.34. The molecule has 7 heteroatoms. The third-order valence-corrected chi connectivity index (χ3v) is 4.36. The average molecular weight is 285 g/mol. The number of rotatable bonds is 2. The van der Waals surface area contributed by atoms with E-state index in [1.54, 1.807) is 12.0 Å². The van der Waals surface area contributed by atoms with Crippen LogP contribution in [0.1, 0.15) is 13.3 Å². The molecule has 0 aromatic rings. The van der Waals surface area contributed by atoms with Crippen LogP contribution in [0.3, 0.4) is 0 Å². The first-order chi connectivity index (χ1) is 9.43. The van der Waals surface area contributed by atoms with Crippen molar-refractivity contribution in [1.29, 1.82) is 0 Å². The van der Waals surface area contributed by atoms with Crippen LogP contribution in [0.5, 0.6) is 0 Å². The fourth-order valence-electron chi connectivity index (χ4n) is 2.82. The Morgan fingerprint density at radius 1 is 1.25 bits per heavy atom. The molecule has 0 aliphatic carbocycles. The second-order valence-corrected chi connectivity index (χ2v) is 5.66. The summed E-state index contributed by atoms with van der Waals surface area (Å²) < 4.78 is 5.21. The van der Waals surface area contributed by atoms with Crippen LogP contribution in [0.4, 0.5) is 4.79 Å². The van der Waals surface area contributed by atoms with E-state index in [2.05, 4.69) is 11.8 Å². The van der Waals surface area contributed by atoms with Gasteiger partial charge in [-0.2, -0.15) is 0 Å². The molecule has 2 fully saturated rings. The van der Waals surface area contributed by atoms with Gasteiger partial charge in [0.1, 0.15) is 6.04 Å². The summed E-state index contributed by atoms with van der Waals surface area (Å²) in [6, 6.07) is -0.670. The topological polar surface area (TPSA) is 73.3 Å². The SMILES string of the molecule is COC1CC(C(=O)O)N(C(=O)N2CCN(C)C(C)C2)C1. The third kappa shape index (κ3) is 2.88. The molecule has 7 nitrogen and oxygen atoms in total. The van der Waals surface area contributed by atoms with E-state index in [4.69, 9.17) is 4.74 Å². The summed E-state index contributed by atoms with van der Waals surface area (Å²) in [7, 11) is 3.58. The number of piperazine rings is 1. The van der Waals surface area contributed by atoms with Gasteiger partial charge < -0.3 is 24.5 Å². The predicted octanol–water partition coefficient (Wildman–Crippen LogP) is -0.0838. The molecule has 2 heterocycles. The molecule has 114 valence electrons. The summed E-state index contributed by atoms with van der Waals surface area (Å²) in [5.74, 6) is -0.958. The van der Waals surface area contributed by atoms with Gasteiger partial charge in [-0.3, -0.25) is 0 Å². The van der Waals surface area contributed by atoms with E-state index in [-0.39, 0.29) is 18.2 Å². The monoisotopic (exact) mass is 285 g/mol. The van der Waals surface area contributed by atoms with Crippen LogP contribution in [0, 0.1) is 0 Å². The van der Waals surface area contributed by atoms with Crippen molar-refractivity contribution in [3.05, 3.63) is 0 Å². The number of aliphatic carboxylic acids is 1. The molecule has 2 amide bonds. The molecule has 3 atom stereocenters. The maximum absolute atomic E-state index is 12.5. The number of likely N-dealkylation sites (tertiary alicyclic amines) is 1. The maximum atomic E-state index is 12.5. The van der Waals surface area contributed by atoms with Gasteiger partial charge in [0.2, 0.25) is 0 Å². The zero-order valence-corrected chi connectivity index (χ0v) is 12.3. The average Bonchev–Trinajstić information content (AvgIpc) is 2.85. The van der Waals surface area contributed by atoms with E-state index in [0.29, 0.717) is 26.1 Å². The van der Waals surface area contributed by atoms with E-state index in [1.165, 1.54) is 4.90 Å². The number of hydrogen-bond acceptors (Lipinski definition) is 4. The second kappa shape index (κ2) is 5.97. The van der Waals surface area contributed by atoms with Gasteiger partial charge in [-0.1, -0.05) is 0 Å². The summed E-state index contributed by atoms with van der Waals surface area (Å²) in [4.78, 5) is 29.2. The molecular formula is C13H23N3O4. The molecule has 0 saturated carbocycles. The van der Waals surface area contributed by atoms with Crippen molar-refractivity contribution in [3.8, 4) is 0 Å². The number of carboxylic acid groups (broad SMARTS) is 1. The largest absolute Gasteiger partial charge is 0.480 e. The number of urea groups is 1. The van der Waals surface area contributed by atoms with Crippen LogP contribution in [0.25, 0.3) is 0 Å². The number of amides is 2. The standard InChI is InChI=1S/C13H23N3O4/c1-9-7-15(5-4-14(9)2)13(19)16-8-10(20-3)6-11(16)12(17)18/h9-11H,4-8H2,1-3H3,(H,17,18). The minimum atomic E-state index is -0.958. The first-order valence-corrected chi connectivity index (χ1v) is 6.95. The number of carbonyl (C=O) groups is 2. The van der Waals surface area contributed by atoms with E-state index < -0.39 is 12.0 Å². The fraction of sp³-hybridized carbons (Fsp3) is 0.846. The van der Waals surface area contributed by atoms with Gasteiger partial charge in [0.05, 0.1) is 6.10 Å². The molecule has 2 rings (SSSR count). The molecule has 1 N–H and O–H groups in total. The minimum absolute atomic E-state index is 0.183. The second-order valence-electron chi connectivity index (χ2n) is 5.66. The Morgan fingerprint density at radius 3 is 2.50 bits per heavy atom.